The molecule has 399 valence electrons. The van der Waals surface area contributed by atoms with E-state index in [2.05, 4.69) is 227 Å². The lowest BCUT2D eigenvalue weighted by molar-refractivity contribution is 0.454. The standard InChI is InChI=1S/C51H33N3.C16H12BO2.C3Cl3N3.CH4/c1-4-10-34(11-5-1)37-16-19-43-31-46(25-22-40(43)28-37)49-52-50(47-26-23-41-29-38(17-20-44(41)32-47)35-12-6-2-7-13-35)54-51(53-49)48-27-24-42-30-39(18-21-45(42)33-48)36-14-8-3-9-15-36;18-17-19-16-9-8-14-10-13(6-7-15(14)11-16)12-4-2-1-3-5-12;4-1-7-2(5)9-3(6)8-1;/h1-33H;1-11,18H;;1H4. The fraction of sp³-hybridized carbons (Fsp3) is 0.0141. The monoisotopic (exact) mass is 1130 g/mol. The Balaban J connectivity index is 0.000000203. The number of fused-ring (bicyclic) bond motifs is 4. The van der Waals surface area contributed by atoms with Crippen LogP contribution in [-0.2, 0) is 0 Å². The van der Waals surface area contributed by atoms with Gasteiger partial charge in [0, 0.05) is 16.7 Å². The van der Waals surface area contributed by atoms with E-state index in [1.54, 1.807) is 0 Å². The maximum absolute atomic E-state index is 8.64. The van der Waals surface area contributed by atoms with Gasteiger partial charge in [0.2, 0.25) is 15.9 Å². The zero-order valence-corrected chi connectivity index (χ0v) is 45.9. The van der Waals surface area contributed by atoms with E-state index >= 15 is 0 Å². The van der Waals surface area contributed by atoms with Gasteiger partial charge in [0.15, 0.2) is 17.5 Å². The van der Waals surface area contributed by atoms with Gasteiger partial charge in [-0.05, 0) is 177 Å². The summed E-state index contributed by atoms with van der Waals surface area (Å²) in [6.45, 7) is 0. The summed E-state index contributed by atoms with van der Waals surface area (Å²) in [7, 11) is 0.694. The quantitative estimate of drug-likeness (QED) is 0.142. The first-order valence-corrected chi connectivity index (χ1v) is 27.4. The summed E-state index contributed by atoms with van der Waals surface area (Å²) in [5.41, 5.74) is 12.4. The normalized spacial score (nSPS) is 10.8. The third-order valence-corrected chi connectivity index (χ3v) is 14.4. The second-order valence-corrected chi connectivity index (χ2v) is 20.2. The lowest BCUT2D eigenvalue weighted by atomic mass is 9.99. The Hall–Kier alpha value is -9.61. The van der Waals surface area contributed by atoms with E-state index in [-0.39, 0.29) is 23.3 Å². The smallest absolute Gasteiger partial charge is 0.537 e. The van der Waals surface area contributed by atoms with Crippen LogP contribution < -0.4 is 4.65 Å². The van der Waals surface area contributed by atoms with Gasteiger partial charge in [-0.25, -0.2) is 15.0 Å². The molecule has 0 atom stereocenters. The maximum atomic E-state index is 8.64. The minimum absolute atomic E-state index is 0. The highest BCUT2D eigenvalue weighted by Gasteiger charge is 2.15. The first kappa shape index (κ1) is 55.3. The molecular weight excluding hydrogens is 1090 g/mol. The second kappa shape index (κ2) is 25.5. The van der Waals surface area contributed by atoms with Gasteiger partial charge in [-0.2, -0.15) is 15.0 Å². The number of hydrogen-bond acceptors (Lipinski definition) is 8. The number of aromatic nitrogens is 6. The molecule has 0 bridgehead atoms. The number of nitrogens with zero attached hydrogens (tertiary/aromatic N) is 6. The van der Waals surface area contributed by atoms with Gasteiger partial charge >= 0.3 is 7.69 Å². The molecule has 0 aliphatic carbocycles. The van der Waals surface area contributed by atoms with Crippen LogP contribution in [0.15, 0.2) is 267 Å². The summed E-state index contributed by atoms with van der Waals surface area (Å²) in [5, 5.41) is 17.8. The van der Waals surface area contributed by atoms with E-state index in [4.69, 9.17) is 59.4 Å². The minimum Gasteiger partial charge on any atom is -0.537 e. The predicted octanol–water partition coefficient (Wildman–Crippen LogP) is 19.2. The molecule has 14 aromatic rings. The van der Waals surface area contributed by atoms with Crippen LogP contribution in [0.4, 0.5) is 0 Å². The maximum Gasteiger partial charge on any atom is 0.569 e. The molecule has 83 heavy (non-hydrogen) atoms. The summed E-state index contributed by atoms with van der Waals surface area (Å²) in [4.78, 5) is 25.8. The number of rotatable bonds is 9. The summed E-state index contributed by atoms with van der Waals surface area (Å²) < 4.78 is 4.96. The Kier molecular flexibility index (Phi) is 17.0. The van der Waals surface area contributed by atoms with Crippen LogP contribution in [0.2, 0.25) is 15.9 Å². The summed E-state index contributed by atoms with van der Waals surface area (Å²) in [6, 6.07) is 93.0. The minimum atomic E-state index is 0. The van der Waals surface area contributed by atoms with Crippen molar-refractivity contribution in [2.75, 3.05) is 0 Å². The lowest BCUT2D eigenvalue weighted by Crippen LogP contribution is -2.00. The lowest BCUT2D eigenvalue weighted by Gasteiger charge is -2.11. The zero-order valence-electron chi connectivity index (χ0n) is 43.7. The Morgan fingerprint density at radius 2 is 0.482 bits per heavy atom. The van der Waals surface area contributed by atoms with E-state index in [9.17, 15) is 0 Å². The van der Waals surface area contributed by atoms with Crippen LogP contribution in [0.1, 0.15) is 7.43 Å². The van der Waals surface area contributed by atoms with Crippen LogP contribution in [0.3, 0.4) is 0 Å². The van der Waals surface area contributed by atoms with Crippen LogP contribution in [0.5, 0.6) is 5.75 Å². The van der Waals surface area contributed by atoms with Crippen LogP contribution in [0, 0.1) is 0 Å². The highest BCUT2D eigenvalue weighted by molar-refractivity contribution is 6.33. The van der Waals surface area contributed by atoms with Crippen molar-refractivity contribution in [1.29, 1.82) is 0 Å². The summed E-state index contributed by atoms with van der Waals surface area (Å²) >= 11 is 16.0. The molecule has 0 aliphatic rings. The number of halogens is 3. The molecular formula is C71H49BCl3N6O2. The van der Waals surface area contributed by atoms with Crippen molar-refractivity contribution in [1.82, 2.24) is 29.9 Å². The van der Waals surface area contributed by atoms with Crippen molar-refractivity contribution in [3.05, 3.63) is 283 Å². The third kappa shape index (κ3) is 13.1. The van der Waals surface area contributed by atoms with Gasteiger partial charge < -0.3 is 9.68 Å². The molecule has 8 nitrogen and oxygen atoms in total. The van der Waals surface area contributed by atoms with Crippen LogP contribution in [0.25, 0.3) is 122 Å². The molecule has 0 fully saturated rings. The molecule has 2 aromatic heterocycles. The molecule has 2 heterocycles. The van der Waals surface area contributed by atoms with Crippen molar-refractivity contribution in [2.45, 2.75) is 7.43 Å². The predicted molar refractivity (Wildman–Crippen MR) is 345 cm³/mol. The fourth-order valence-electron chi connectivity index (χ4n) is 9.82. The molecule has 0 saturated carbocycles. The molecule has 0 aliphatic heterocycles. The molecule has 1 N–H and O–H groups in total. The van der Waals surface area contributed by atoms with Crippen molar-refractivity contribution in [2.24, 2.45) is 0 Å². The highest BCUT2D eigenvalue weighted by atomic mass is 35.5. The van der Waals surface area contributed by atoms with Crippen molar-refractivity contribution in [3.63, 3.8) is 0 Å². The van der Waals surface area contributed by atoms with Crippen molar-refractivity contribution < 1.29 is 9.68 Å². The van der Waals surface area contributed by atoms with Gasteiger partial charge in [0.05, 0.1) is 0 Å². The Bertz CT molecular complexity index is 4200. The van der Waals surface area contributed by atoms with Gasteiger partial charge in [0.25, 0.3) is 0 Å². The topological polar surface area (TPSA) is 107 Å². The van der Waals surface area contributed by atoms with Gasteiger partial charge in [-0.3, -0.25) is 0 Å². The largest absolute Gasteiger partial charge is 0.569 e. The van der Waals surface area contributed by atoms with E-state index in [0.717, 1.165) is 43.6 Å². The molecule has 12 heteroatoms. The molecule has 0 unspecified atom stereocenters. The summed E-state index contributed by atoms with van der Waals surface area (Å²) in [6.07, 6.45) is 0. The molecule has 12 aromatic carbocycles. The fourth-order valence-corrected chi connectivity index (χ4v) is 10.4. The number of hydrogen-bond donors (Lipinski definition) is 1. The molecule has 14 rings (SSSR count). The first-order valence-electron chi connectivity index (χ1n) is 26.2. The average Bonchev–Trinajstić information content (AvgIpc) is 3.65. The van der Waals surface area contributed by atoms with Crippen molar-refractivity contribution in [3.8, 4) is 84.4 Å². The second-order valence-electron chi connectivity index (χ2n) is 19.2. The third-order valence-electron chi connectivity index (χ3n) is 13.9. The van der Waals surface area contributed by atoms with E-state index < -0.39 is 0 Å². The van der Waals surface area contributed by atoms with Crippen molar-refractivity contribution >= 4 is 85.6 Å². The molecule has 0 saturated heterocycles. The van der Waals surface area contributed by atoms with Gasteiger partial charge in [0.1, 0.15) is 5.75 Å². The van der Waals surface area contributed by atoms with Gasteiger partial charge in [-0.15, -0.1) is 0 Å². The average molecular weight is 1140 g/mol. The Labute approximate surface area is 496 Å². The van der Waals surface area contributed by atoms with E-state index in [1.807, 2.05) is 54.6 Å². The first-order chi connectivity index (χ1) is 40.2. The highest BCUT2D eigenvalue weighted by Crippen LogP contribution is 2.34. The zero-order chi connectivity index (χ0) is 55.8. The number of benzene rings is 12. The molecule has 0 amide bonds. The van der Waals surface area contributed by atoms with E-state index in [1.165, 1.54) is 60.7 Å². The van der Waals surface area contributed by atoms with Crippen LogP contribution >= 0.6 is 34.8 Å². The Morgan fingerprint density at radius 1 is 0.253 bits per heavy atom. The molecule has 0 spiro atoms. The molecule has 1 radical (unpaired) electrons. The van der Waals surface area contributed by atoms with Crippen LogP contribution in [-0.4, -0.2) is 42.6 Å². The van der Waals surface area contributed by atoms with E-state index in [0.29, 0.717) is 30.9 Å². The summed E-state index contributed by atoms with van der Waals surface area (Å²) in [5.74, 6) is 2.55. The SMILES string of the molecule is C.Clc1nc(Cl)nc(Cl)n1.O[B]Oc1ccc2cc(-c3ccccc3)ccc2c1.c1ccc(-c2ccc3cc(-c4nc(-c5ccc6cc(-c7ccccc7)ccc6c5)nc(-c5ccc6cc(-c7ccccc7)ccc6c5)n4)ccc3c2)cc1. The Morgan fingerprint density at radius 3 is 0.747 bits per heavy atom. The van der Waals surface area contributed by atoms with Gasteiger partial charge in [-0.1, -0.05) is 220 Å².